The number of ether oxygens (including phenoxy) is 2. The summed E-state index contributed by atoms with van der Waals surface area (Å²) in [5, 5.41) is 2.40. The van der Waals surface area contributed by atoms with E-state index in [0.717, 1.165) is 24.5 Å². The third-order valence-corrected chi connectivity index (χ3v) is 7.77. The van der Waals surface area contributed by atoms with E-state index in [2.05, 4.69) is 10.0 Å². The van der Waals surface area contributed by atoms with E-state index in [0.29, 0.717) is 16.1 Å². The Balaban J connectivity index is 1.76. The van der Waals surface area contributed by atoms with E-state index in [-0.39, 0.29) is 27.7 Å². The molecule has 0 aliphatic carbocycles. The van der Waals surface area contributed by atoms with Gasteiger partial charge in [0.25, 0.3) is 10.0 Å². The van der Waals surface area contributed by atoms with Crippen LogP contribution in [0.5, 0.6) is 11.5 Å². The molecule has 2 N–H and O–H groups in total. The van der Waals surface area contributed by atoms with Crippen molar-refractivity contribution in [3.05, 3.63) is 72.3 Å². The highest BCUT2D eigenvalue weighted by Gasteiger charge is 2.32. The molecule has 0 saturated heterocycles. The lowest BCUT2D eigenvalue weighted by atomic mass is 10.2. The minimum absolute atomic E-state index is 0.121. The Morgan fingerprint density at radius 3 is 2.15 bits per heavy atom. The molecular formula is C24H24F3N3O7S2. The zero-order valence-corrected chi connectivity index (χ0v) is 22.4. The van der Waals surface area contributed by atoms with E-state index in [9.17, 15) is 34.8 Å². The number of rotatable bonds is 10. The van der Waals surface area contributed by atoms with Crippen LogP contribution >= 0.6 is 0 Å². The first-order chi connectivity index (χ1) is 18.1. The maximum absolute atomic E-state index is 13.1. The normalized spacial score (nSPS) is 11.9. The number of hydrogen-bond acceptors (Lipinski definition) is 7. The molecule has 3 aromatic rings. The van der Waals surface area contributed by atoms with Crippen molar-refractivity contribution in [1.82, 2.24) is 0 Å². The van der Waals surface area contributed by atoms with Crippen molar-refractivity contribution in [2.45, 2.75) is 11.1 Å². The predicted molar refractivity (Wildman–Crippen MR) is 139 cm³/mol. The molecule has 0 fully saturated rings. The summed E-state index contributed by atoms with van der Waals surface area (Å²) < 4.78 is 103. The Bertz CT molecular complexity index is 1560. The van der Waals surface area contributed by atoms with Crippen molar-refractivity contribution in [3.8, 4) is 11.5 Å². The minimum atomic E-state index is -4.71. The highest BCUT2D eigenvalue weighted by atomic mass is 32.2. The molecule has 3 rings (SSSR count). The second-order valence-corrected chi connectivity index (χ2v) is 11.7. The van der Waals surface area contributed by atoms with Crippen molar-refractivity contribution in [2.75, 3.05) is 41.4 Å². The fourth-order valence-electron chi connectivity index (χ4n) is 3.38. The van der Waals surface area contributed by atoms with E-state index >= 15 is 0 Å². The zero-order chi connectivity index (χ0) is 29.0. The van der Waals surface area contributed by atoms with Crippen LogP contribution in [-0.4, -0.2) is 49.8 Å². The number of hydrogen-bond donors (Lipinski definition) is 2. The summed E-state index contributed by atoms with van der Waals surface area (Å²) in [4.78, 5) is 12.4. The van der Waals surface area contributed by atoms with Gasteiger partial charge >= 0.3 is 6.18 Å². The Morgan fingerprint density at radius 1 is 0.923 bits per heavy atom. The van der Waals surface area contributed by atoms with E-state index in [1.165, 1.54) is 50.6 Å². The third kappa shape index (κ3) is 7.54. The summed E-state index contributed by atoms with van der Waals surface area (Å²) in [6.45, 7) is -0.822. The van der Waals surface area contributed by atoms with Gasteiger partial charge < -0.3 is 14.8 Å². The predicted octanol–water partition coefficient (Wildman–Crippen LogP) is 3.93. The number of nitrogens with one attached hydrogen (secondary N) is 2. The quantitative estimate of drug-likeness (QED) is 0.368. The van der Waals surface area contributed by atoms with Crippen LogP contribution < -0.4 is 23.8 Å². The monoisotopic (exact) mass is 587 g/mol. The van der Waals surface area contributed by atoms with Crippen LogP contribution in [0.4, 0.5) is 30.2 Å². The fourth-order valence-corrected chi connectivity index (χ4v) is 5.29. The lowest BCUT2D eigenvalue weighted by molar-refractivity contribution is -0.137. The van der Waals surface area contributed by atoms with Crippen LogP contribution in [0.2, 0.25) is 0 Å². The molecule has 3 aromatic carbocycles. The molecule has 0 aliphatic rings. The molecular weight excluding hydrogens is 563 g/mol. The molecule has 0 heterocycles. The van der Waals surface area contributed by atoms with Gasteiger partial charge in [0.2, 0.25) is 15.9 Å². The molecule has 15 heteroatoms. The van der Waals surface area contributed by atoms with Gasteiger partial charge in [0.05, 0.1) is 42.3 Å². The summed E-state index contributed by atoms with van der Waals surface area (Å²) in [6.07, 6.45) is -3.96. The molecule has 0 spiro atoms. The first-order valence-electron chi connectivity index (χ1n) is 10.9. The van der Waals surface area contributed by atoms with E-state index in [1.807, 2.05) is 0 Å². The molecule has 0 aromatic heterocycles. The number of benzene rings is 3. The Morgan fingerprint density at radius 2 is 1.59 bits per heavy atom. The molecule has 0 aliphatic heterocycles. The topological polar surface area (TPSA) is 131 Å². The van der Waals surface area contributed by atoms with Crippen molar-refractivity contribution in [2.24, 2.45) is 0 Å². The molecule has 1 amide bonds. The molecule has 0 bridgehead atoms. The summed E-state index contributed by atoms with van der Waals surface area (Å²) in [5.41, 5.74) is -1.17. The fraction of sp³-hybridized carbons (Fsp3) is 0.208. The second-order valence-electron chi connectivity index (χ2n) is 8.06. The average molecular weight is 588 g/mol. The second kappa shape index (κ2) is 11.4. The maximum Gasteiger partial charge on any atom is 0.416 e. The maximum atomic E-state index is 13.1. The number of sulfonamides is 2. The van der Waals surface area contributed by atoms with Crippen LogP contribution in [0.1, 0.15) is 5.56 Å². The largest absolute Gasteiger partial charge is 0.497 e. The first-order valence-corrected chi connectivity index (χ1v) is 14.3. The van der Waals surface area contributed by atoms with Gasteiger partial charge in [-0.1, -0.05) is 6.07 Å². The number of amides is 1. The summed E-state index contributed by atoms with van der Waals surface area (Å²) in [5.74, 6) is -0.230. The van der Waals surface area contributed by atoms with E-state index in [1.54, 1.807) is 6.07 Å². The van der Waals surface area contributed by atoms with E-state index < -0.39 is 44.2 Å². The van der Waals surface area contributed by atoms with Gasteiger partial charge in [-0.15, -0.1) is 0 Å². The van der Waals surface area contributed by atoms with Gasteiger partial charge in [0.1, 0.15) is 18.0 Å². The minimum Gasteiger partial charge on any atom is -0.497 e. The van der Waals surface area contributed by atoms with Gasteiger partial charge in [-0.2, -0.15) is 13.2 Å². The van der Waals surface area contributed by atoms with Gasteiger partial charge in [0.15, 0.2) is 0 Å². The van der Waals surface area contributed by atoms with Crippen molar-refractivity contribution in [1.29, 1.82) is 0 Å². The van der Waals surface area contributed by atoms with Gasteiger partial charge in [0, 0.05) is 11.8 Å². The first kappa shape index (κ1) is 29.6. The van der Waals surface area contributed by atoms with Crippen molar-refractivity contribution >= 4 is 43.0 Å². The van der Waals surface area contributed by atoms with Crippen molar-refractivity contribution < 1.29 is 44.3 Å². The smallest absolute Gasteiger partial charge is 0.416 e. The highest BCUT2D eigenvalue weighted by Crippen LogP contribution is 2.33. The molecule has 0 radical (unpaired) electrons. The van der Waals surface area contributed by atoms with Crippen LogP contribution in [0, 0.1) is 0 Å². The Kier molecular flexibility index (Phi) is 8.65. The summed E-state index contributed by atoms with van der Waals surface area (Å²) in [7, 11) is -5.43. The zero-order valence-electron chi connectivity index (χ0n) is 20.8. The number of anilines is 3. The standard InChI is InChI=1S/C24H24F3N3O7S2/c1-36-19-9-12-22(37-2)21(14-19)29-39(34,35)20-10-7-17(8-11-20)28-23(31)15-30(38(3,32)33)18-6-4-5-16(13-18)24(25,26)27/h4-14,29H,15H2,1-3H3,(H,28,31). The summed E-state index contributed by atoms with van der Waals surface area (Å²) in [6, 6.07) is 13.0. The highest BCUT2D eigenvalue weighted by molar-refractivity contribution is 7.92. The number of nitrogens with zero attached hydrogens (tertiary/aromatic N) is 1. The molecule has 0 unspecified atom stereocenters. The average Bonchev–Trinajstić information content (AvgIpc) is 2.86. The van der Waals surface area contributed by atoms with Crippen LogP contribution in [0.15, 0.2) is 71.6 Å². The number of carbonyl (C=O) groups excluding carboxylic acids is 1. The molecule has 0 atom stereocenters. The molecule has 210 valence electrons. The molecule has 0 saturated carbocycles. The SMILES string of the molecule is COc1ccc(OC)c(NS(=O)(=O)c2ccc(NC(=O)CN(c3cccc(C(F)(F)F)c3)S(C)(=O)=O)cc2)c1. The number of alkyl halides is 3. The molecule has 39 heavy (non-hydrogen) atoms. The molecule has 10 nitrogen and oxygen atoms in total. The van der Waals surface area contributed by atoms with Gasteiger partial charge in [-0.25, -0.2) is 16.8 Å². The number of carbonyl (C=O) groups is 1. The van der Waals surface area contributed by atoms with Gasteiger partial charge in [-0.3, -0.25) is 13.8 Å². The van der Waals surface area contributed by atoms with Crippen molar-refractivity contribution in [3.63, 3.8) is 0 Å². The van der Waals surface area contributed by atoms with Crippen LogP contribution in [-0.2, 0) is 31.0 Å². The lowest BCUT2D eigenvalue weighted by Crippen LogP contribution is -2.37. The van der Waals surface area contributed by atoms with Crippen LogP contribution in [0.25, 0.3) is 0 Å². The number of methoxy groups -OCH3 is 2. The summed E-state index contributed by atoms with van der Waals surface area (Å²) >= 11 is 0. The van der Waals surface area contributed by atoms with E-state index in [4.69, 9.17) is 9.47 Å². The Labute approximate surface area is 223 Å². The van der Waals surface area contributed by atoms with Crippen LogP contribution in [0.3, 0.4) is 0 Å². The third-order valence-electron chi connectivity index (χ3n) is 5.25. The van der Waals surface area contributed by atoms with Gasteiger partial charge in [-0.05, 0) is 54.6 Å². The lowest BCUT2D eigenvalue weighted by Gasteiger charge is -2.23. The Hall–Kier alpha value is -3.98. The number of halogens is 3.